The molecule has 0 aromatic heterocycles. The maximum Gasteiger partial charge on any atom is 0.131 e. The normalized spacial score (nSPS) is 20.7. The summed E-state index contributed by atoms with van der Waals surface area (Å²) in [6.45, 7) is 1.45. The van der Waals surface area contributed by atoms with Crippen LogP contribution in [-0.4, -0.2) is 19.2 Å². The summed E-state index contributed by atoms with van der Waals surface area (Å²) in [5.41, 5.74) is 1.14. The summed E-state index contributed by atoms with van der Waals surface area (Å²) in [4.78, 5) is 0. The van der Waals surface area contributed by atoms with Gasteiger partial charge in [0.1, 0.15) is 23.3 Å². The zero-order valence-electron chi connectivity index (χ0n) is 17.6. The monoisotopic (exact) mass is 511 g/mol. The van der Waals surface area contributed by atoms with E-state index in [-0.39, 0.29) is 18.8 Å². The van der Waals surface area contributed by atoms with E-state index in [1.165, 1.54) is 12.1 Å². The molecule has 3 aromatic carbocycles. The second kappa shape index (κ2) is 10.7. The Balaban J connectivity index is 1.62. The molecule has 1 heterocycles. The first-order valence-corrected chi connectivity index (χ1v) is 11.6. The summed E-state index contributed by atoms with van der Waals surface area (Å²) < 4.78 is 40.4. The molecule has 8 heteroatoms. The Morgan fingerprint density at radius 1 is 0.909 bits per heavy atom. The highest BCUT2D eigenvalue weighted by atomic mass is 35.5. The lowest BCUT2D eigenvalue weighted by atomic mass is 9.82. The molecule has 1 saturated heterocycles. The number of rotatable bonds is 7. The fraction of sp³-hybridized carbons (Fsp3) is 0.280. The summed E-state index contributed by atoms with van der Waals surface area (Å²) in [6.07, 6.45) is 0.189. The van der Waals surface area contributed by atoms with Crippen molar-refractivity contribution in [3.8, 4) is 0 Å². The van der Waals surface area contributed by atoms with Crippen molar-refractivity contribution in [2.45, 2.75) is 31.3 Å². The van der Waals surface area contributed by atoms with Crippen LogP contribution in [0.15, 0.2) is 60.7 Å². The number of nitrogens with one attached hydrogen (secondary N) is 1. The van der Waals surface area contributed by atoms with E-state index in [0.29, 0.717) is 34.6 Å². The molecule has 0 spiro atoms. The molecule has 1 aliphatic rings. The van der Waals surface area contributed by atoms with Gasteiger partial charge in [-0.1, -0.05) is 59.1 Å². The van der Waals surface area contributed by atoms with Crippen molar-refractivity contribution >= 4 is 34.8 Å². The van der Waals surface area contributed by atoms with Crippen LogP contribution in [-0.2, 0) is 28.3 Å². The predicted molar refractivity (Wildman–Crippen MR) is 127 cm³/mol. The molecule has 174 valence electrons. The van der Waals surface area contributed by atoms with Gasteiger partial charge < -0.3 is 14.8 Å². The number of hydrogen-bond acceptors (Lipinski definition) is 3. The second-order valence-electron chi connectivity index (χ2n) is 7.92. The summed E-state index contributed by atoms with van der Waals surface area (Å²) in [7, 11) is 0. The fourth-order valence-electron chi connectivity index (χ4n) is 4.01. The Kier molecular flexibility index (Phi) is 7.90. The standard InChI is InChI=1S/C25H22Cl3F2NO2/c26-19-5-3-18(4-6-19)25(33-15-17-2-7-20(29)12-23(17)30)9-10-31-13-24(25)32-14-16-1-8-21(27)22(28)11-16/h1-8,11-12,24,31H,9-10,13-15H2. The van der Waals surface area contributed by atoms with Crippen LogP contribution >= 0.6 is 34.8 Å². The first-order chi connectivity index (χ1) is 15.9. The SMILES string of the molecule is Fc1ccc(COC2(c3ccc(Cl)cc3)CCNCC2OCc2ccc(Cl)c(Cl)c2)c(F)c1. The van der Waals surface area contributed by atoms with Crippen molar-refractivity contribution in [2.75, 3.05) is 13.1 Å². The highest BCUT2D eigenvalue weighted by molar-refractivity contribution is 6.42. The van der Waals surface area contributed by atoms with Gasteiger partial charge in [0.05, 0.1) is 23.3 Å². The first-order valence-electron chi connectivity index (χ1n) is 10.5. The zero-order chi connectivity index (χ0) is 23.4. The van der Waals surface area contributed by atoms with Crippen molar-refractivity contribution in [1.82, 2.24) is 5.32 Å². The van der Waals surface area contributed by atoms with Crippen molar-refractivity contribution in [1.29, 1.82) is 0 Å². The van der Waals surface area contributed by atoms with Crippen LogP contribution in [0.4, 0.5) is 8.78 Å². The Bertz CT molecular complexity index is 1110. The summed E-state index contributed by atoms with van der Waals surface area (Å²) in [5.74, 6) is -1.28. The Labute approximate surface area is 206 Å². The molecular weight excluding hydrogens is 491 g/mol. The molecule has 0 aliphatic carbocycles. The van der Waals surface area contributed by atoms with Crippen LogP contribution in [0, 0.1) is 11.6 Å². The largest absolute Gasteiger partial charge is 0.369 e. The van der Waals surface area contributed by atoms with E-state index in [0.717, 1.165) is 17.2 Å². The minimum Gasteiger partial charge on any atom is -0.369 e. The summed E-state index contributed by atoms with van der Waals surface area (Å²) in [6, 6.07) is 16.2. The van der Waals surface area contributed by atoms with Crippen molar-refractivity contribution in [3.63, 3.8) is 0 Å². The average Bonchev–Trinajstić information content (AvgIpc) is 2.80. The van der Waals surface area contributed by atoms with Crippen molar-refractivity contribution in [3.05, 3.63) is 104 Å². The molecule has 3 nitrogen and oxygen atoms in total. The number of halogens is 5. The number of ether oxygens (including phenoxy) is 2. The third-order valence-electron chi connectivity index (χ3n) is 5.79. The maximum absolute atomic E-state index is 14.3. The van der Waals surface area contributed by atoms with Gasteiger partial charge in [0.2, 0.25) is 0 Å². The van der Waals surface area contributed by atoms with Crippen molar-refractivity contribution in [2.24, 2.45) is 0 Å². The van der Waals surface area contributed by atoms with Crippen LogP contribution < -0.4 is 5.32 Å². The number of piperidine rings is 1. The maximum atomic E-state index is 14.3. The van der Waals surface area contributed by atoms with E-state index in [4.69, 9.17) is 44.3 Å². The minimum absolute atomic E-state index is 0.0403. The van der Waals surface area contributed by atoms with Gasteiger partial charge in [0.25, 0.3) is 0 Å². The van der Waals surface area contributed by atoms with E-state index in [1.807, 2.05) is 18.2 Å². The van der Waals surface area contributed by atoms with Crippen molar-refractivity contribution < 1.29 is 18.3 Å². The summed E-state index contributed by atoms with van der Waals surface area (Å²) in [5, 5.41) is 4.86. The molecule has 1 aliphatic heterocycles. The average molecular weight is 513 g/mol. The molecule has 4 rings (SSSR count). The lowest BCUT2D eigenvalue weighted by Crippen LogP contribution is -2.54. The number of benzene rings is 3. The molecule has 1 N–H and O–H groups in total. The van der Waals surface area contributed by atoms with E-state index in [9.17, 15) is 8.78 Å². The van der Waals surface area contributed by atoms with Gasteiger partial charge in [0.15, 0.2) is 0 Å². The van der Waals surface area contributed by atoms with E-state index < -0.39 is 23.3 Å². The lowest BCUT2D eigenvalue weighted by Gasteiger charge is -2.44. The van der Waals surface area contributed by atoms with Crippen LogP contribution in [0.2, 0.25) is 15.1 Å². The van der Waals surface area contributed by atoms with Crippen LogP contribution in [0.1, 0.15) is 23.1 Å². The molecule has 2 atom stereocenters. The van der Waals surface area contributed by atoms with Crippen LogP contribution in [0.25, 0.3) is 0 Å². The molecular formula is C25H22Cl3F2NO2. The Morgan fingerprint density at radius 3 is 2.42 bits per heavy atom. The molecule has 33 heavy (non-hydrogen) atoms. The Hall–Kier alpha value is -1.73. The van der Waals surface area contributed by atoms with Gasteiger partial charge in [-0.25, -0.2) is 8.78 Å². The molecule has 0 saturated carbocycles. The van der Waals surface area contributed by atoms with Gasteiger partial charge in [0, 0.05) is 23.2 Å². The lowest BCUT2D eigenvalue weighted by molar-refractivity contribution is -0.176. The Morgan fingerprint density at radius 2 is 1.70 bits per heavy atom. The third kappa shape index (κ3) is 5.68. The zero-order valence-corrected chi connectivity index (χ0v) is 19.9. The third-order valence-corrected chi connectivity index (χ3v) is 6.78. The van der Waals surface area contributed by atoms with Gasteiger partial charge >= 0.3 is 0 Å². The highest BCUT2D eigenvalue weighted by Crippen LogP contribution is 2.39. The number of hydrogen-bond donors (Lipinski definition) is 1. The van der Waals surface area contributed by atoms with Crippen LogP contribution in [0.3, 0.4) is 0 Å². The smallest absolute Gasteiger partial charge is 0.131 e. The first kappa shape index (κ1) is 24.4. The van der Waals surface area contributed by atoms with E-state index >= 15 is 0 Å². The van der Waals surface area contributed by atoms with Gasteiger partial charge in [-0.2, -0.15) is 0 Å². The highest BCUT2D eigenvalue weighted by Gasteiger charge is 2.44. The van der Waals surface area contributed by atoms with Gasteiger partial charge in [-0.05, 0) is 54.4 Å². The topological polar surface area (TPSA) is 30.5 Å². The predicted octanol–water partition coefficient (Wildman–Crippen LogP) is 6.92. The molecule has 2 unspecified atom stereocenters. The van der Waals surface area contributed by atoms with E-state index in [2.05, 4.69) is 5.32 Å². The quantitative estimate of drug-likeness (QED) is 0.373. The minimum atomic E-state index is -0.868. The van der Waals surface area contributed by atoms with Gasteiger partial charge in [-0.3, -0.25) is 0 Å². The van der Waals surface area contributed by atoms with E-state index in [1.54, 1.807) is 24.3 Å². The van der Waals surface area contributed by atoms with Gasteiger partial charge in [-0.15, -0.1) is 0 Å². The summed E-state index contributed by atoms with van der Waals surface area (Å²) >= 11 is 18.3. The second-order valence-corrected chi connectivity index (χ2v) is 9.17. The molecule has 1 fully saturated rings. The molecule has 3 aromatic rings. The molecule has 0 bridgehead atoms. The van der Waals surface area contributed by atoms with Crippen LogP contribution in [0.5, 0.6) is 0 Å². The fourth-order valence-corrected chi connectivity index (χ4v) is 4.46. The molecule has 0 radical (unpaired) electrons. The molecule has 0 amide bonds.